The number of hydrogen-bond acceptors (Lipinski definition) is 5. The van der Waals surface area contributed by atoms with Crippen molar-refractivity contribution in [1.82, 2.24) is 14.9 Å². The number of rotatable bonds is 4. The lowest BCUT2D eigenvalue weighted by atomic mass is 9.96. The number of nitrogens with zero attached hydrogens (tertiary/aromatic N) is 4. The van der Waals surface area contributed by atoms with Crippen LogP contribution in [0.5, 0.6) is 0 Å². The largest absolute Gasteiger partial charge is 0.382 e. The van der Waals surface area contributed by atoms with Crippen LogP contribution in [0.15, 0.2) is 12.3 Å². The molecule has 0 aliphatic carbocycles. The Labute approximate surface area is 125 Å². The summed E-state index contributed by atoms with van der Waals surface area (Å²) >= 11 is 0. The van der Waals surface area contributed by atoms with Gasteiger partial charge in [0, 0.05) is 25.8 Å². The van der Waals surface area contributed by atoms with Crippen LogP contribution in [0, 0.1) is 11.3 Å². The molecule has 0 aromatic carbocycles. The molecular weight excluding hydrogens is 264 g/mol. The fourth-order valence-corrected chi connectivity index (χ4v) is 3.30. The van der Waals surface area contributed by atoms with Gasteiger partial charge in [-0.15, -0.1) is 0 Å². The molecule has 114 valence electrons. The van der Waals surface area contributed by atoms with E-state index in [1.54, 1.807) is 12.3 Å². The van der Waals surface area contributed by atoms with E-state index in [4.69, 9.17) is 11.1 Å². The molecule has 21 heavy (non-hydrogen) atoms. The Kier molecular flexibility index (Phi) is 4.34. The van der Waals surface area contributed by atoms with Crippen molar-refractivity contribution in [3.8, 4) is 0 Å². The molecule has 6 nitrogen and oxygen atoms in total. The molecule has 1 aromatic heterocycles. The van der Waals surface area contributed by atoms with Crippen LogP contribution < -0.4 is 10.6 Å². The summed E-state index contributed by atoms with van der Waals surface area (Å²) in [5, 5.41) is 7.47. The summed E-state index contributed by atoms with van der Waals surface area (Å²) in [6.07, 6.45) is 6.82. The van der Waals surface area contributed by atoms with Crippen LogP contribution in [0.2, 0.25) is 0 Å². The third-order valence-corrected chi connectivity index (χ3v) is 4.53. The Morgan fingerprint density at radius 3 is 2.62 bits per heavy atom. The van der Waals surface area contributed by atoms with Crippen LogP contribution >= 0.6 is 0 Å². The summed E-state index contributed by atoms with van der Waals surface area (Å²) in [7, 11) is 0. The molecule has 2 fully saturated rings. The molecule has 0 spiro atoms. The fraction of sp³-hybridized carbons (Fsp3) is 0.667. The minimum Gasteiger partial charge on any atom is -0.382 e. The van der Waals surface area contributed by atoms with Gasteiger partial charge in [0.15, 0.2) is 0 Å². The van der Waals surface area contributed by atoms with Crippen LogP contribution in [-0.4, -0.2) is 53.4 Å². The van der Waals surface area contributed by atoms with E-state index in [2.05, 4.69) is 19.8 Å². The van der Waals surface area contributed by atoms with E-state index in [-0.39, 0.29) is 5.84 Å². The van der Waals surface area contributed by atoms with E-state index in [1.165, 1.54) is 45.3 Å². The Bertz CT molecular complexity index is 489. The number of hydrogen-bond donors (Lipinski definition) is 2. The normalized spacial score (nSPS) is 20.9. The van der Waals surface area contributed by atoms with Gasteiger partial charge < -0.3 is 15.5 Å². The second-order valence-electron chi connectivity index (χ2n) is 6.09. The Balaban J connectivity index is 1.55. The third-order valence-electron chi connectivity index (χ3n) is 4.53. The topological polar surface area (TPSA) is 82.1 Å². The van der Waals surface area contributed by atoms with Crippen LogP contribution in [0.25, 0.3) is 0 Å². The molecule has 6 heteroatoms. The molecule has 3 heterocycles. The number of aromatic nitrogens is 2. The van der Waals surface area contributed by atoms with Gasteiger partial charge in [-0.25, -0.2) is 9.97 Å². The summed E-state index contributed by atoms with van der Waals surface area (Å²) in [6, 6.07) is 1.69. The number of nitrogens with one attached hydrogen (secondary N) is 1. The van der Waals surface area contributed by atoms with E-state index in [9.17, 15) is 0 Å². The van der Waals surface area contributed by atoms with E-state index in [0.717, 1.165) is 19.0 Å². The minimum absolute atomic E-state index is 0.00238. The smallest absolute Gasteiger partial charge is 0.225 e. The summed E-state index contributed by atoms with van der Waals surface area (Å²) in [6.45, 7) is 5.82. The zero-order chi connectivity index (χ0) is 14.7. The second kappa shape index (κ2) is 6.39. The zero-order valence-corrected chi connectivity index (χ0v) is 12.5. The van der Waals surface area contributed by atoms with Crippen molar-refractivity contribution in [2.45, 2.75) is 25.7 Å². The van der Waals surface area contributed by atoms with Crippen LogP contribution in [0.1, 0.15) is 31.4 Å². The predicted molar refractivity (Wildman–Crippen MR) is 83.7 cm³/mol. The van der Waals surface area contributed by atoms with Crippen LogP contribution in [-0.2, 0) is 0 Å². The van der Waals surface area contributed by atoms with Crippen molar-refractivity contribution in [2.24, 2.45) is 11.7 Å². The minimum atomic E-state index is 0.00238. The first-order chi connectivity index (χ1) is 10.2. The number of amidine groups is 1. The molecule has 0 radical (unpaired) electrons. The number of nitrogens with two attached hydrogens (primary N) is 1. The highest BCUT2D eigenvalue weighted by Gasteiger charge is 2.24. The highest BCUT2D eigenvalue weighted by Crippen LogP contribution is 2.22. The Morgan fingerprint density at radius 2 is 1.95 bits per heavy atom. The molecule has 3 N–H and O–H groups in total. The van der Waals surface area contributed by atoms with Crippen molar-refractivity contribution >= 4 is 11.8 Å². The number of nitrogen functional groups attached to an aromatic ring is 1. The third kappa shape index (κ3) is 3.50. The lowest BCUT2D eigenvalue weighted by Gasteiger charge is -2.33. The maximum atomic E-state index is 7.47. The van der Waals surface area contributed by atoms with E-state index >= 15 is 0 Å². The maximum absolute atomic E-state index is 7.47. The van der Waals surface area contributed by atoms with Gasteiger partial charge in [-0.05, 0) is 50.8 Å². The van der Waals surface area contributed by atoms with Gasteiger partial charge in [0.2, 0.25) is 5.95 Å². The SMILES string of the molecule is N=C(N)c1ccnc(N2CCC(CN3CCCC3)CC2)n1. The van der Waals surface area contributed by atoms with Gasteiger partial charge >= 0.3 is 0 Å². The summed E-state index contributed by atoms with van der Waals surface area (Å²) in [4.78, 5) is 13.5. The molecule has 0 unspecified atom stereocenters. The van der Waals surface area contributed by atoms with Crippen molar-refractivity contribution in [2.75, 3.05) is 37.6 Å². The number of anilines is 1. The van der Waals surface area contributed by atoms with Crippen LogP contribution in [0.3, 0.4) is 0 Å². The molecule has 1 aromatic rings. The molecule has 2 aliphatic heterocycles. The molecule has 2 aliphatic rings. The van der Waals surface area contributed by atoms with Crippen molar-refractivity contribution < 1.29 is 0 Å². The Hall–Kier alpha value is -1.69. The van der Waals surface area contributed by atoms with Gasteiger partial charge in [-0.2, -0.15) is 0 Å². The van der Waals surface area contributed by atoms with E-state index in [0.29, 0.717) is 11.6 Å². The average molecular weight is 288 g/mol. The molecule has 3 rings (SSSR count). The lowest BCUT2D eigenvalue weighted by Crippen LogP contribution is -2.39. The van der Waals surface area contributed by atoms with Gasteiger partial charge in [-0.3, -0.25) is 5.41 Å². The quantitative estimate of drug-likeness (QED) is 0.640. The van der Waals surface area contributed by atoms with Gasteiger partial charge in [0.05, 0.1) is 0 Å². The monoisotopic (exact) mass is 288 g/mol. The van der Waals surface area contributed by atoms with Crippen molar-refractivity contribution in [1.29, 1.82) is 5.41 Å². The van der Waals surface area contributed by atoms with Gasteiger partial charge in [0.1, 0.15) is 11.5 Å². The first-order valence-electron chi connectivity index (χ1n) is 7.87. The molecule has 0 amide bonds. The molecular formula is C15H24N6. The van der Waals surface area contributed by atoms with Crippen molar-refractivity contribution in [3.63, 3.8) is 0 Å². The summed E-state index contributed by atoms with van der Waals surface area (Å²) < 4.78 is 0. The zero-order valence-electron chi connectivity index (χ0n) is 12.5. The fourth-order valence-electron chi connectivity index (χ4n) is 3.30. The maximum Gasteiger partial charge on any atom is 0.225 e. The number of piperidine rings is 1. The average Bonchev–Trinajstić information content (AvgIpc) is 3.01. The first-order valence-corrected chi connectivity index (χ1v) is 7.87. The van der Waals surface area contributed by atoms with E-state index < -0.39 is 0 Å². The highest BCUT2D eigenvalue weighted by atomic mass is 15.3. The molecule has 0 atom stereocenters. The lowest BCUT2D eigenvalue weighted by molar-refractivity contribution is 0.249. The summed E-state index contributed by atoms with van der Waals surface area (Å²) in [5.74, 6) is 1.51. The molecule has 0 saturated carbocycles. The molecule has 0 bridgehead atoms. The van der Waals surface area contributed by atoms with Crippen LogP contribution in [0.4, 0.5) is 5.95 Å². The standard InChI is InChI=1S/C15H24N6/c16-14(17)13-3-6-18-15(19-13)21-9-4-12(5-10-21)11-20-7-1-2-8-20/h3,6,12H,1-2,4-5,7-11H2,(H3,16,17). The number of likely N-dealkylation sites (tertiary alicyclic amines) is 1. The summed E-state index contributed by atoms with van der Waals surface area (Å²) in [5.41, 5.74) is 6.01. The highest BCUT2D eigenvalue weighted by molar-refractivity contribution is 5.93. The molecule has 2 saturated heterocycles. The van der Waals surface area contributed by atoms with Gasteiger partial charge in [-0.1, -0.05) is 0 Å². The Morgan fingerprint density at radius 1 is 1.24 bits per heavy atom. The first kappa shape index (κ1) is 14.3. The van der Waals surface area contributed by atoms with Crippen molar-refractivity contribution in [3.05, 3.63) is 18.0 Å². The second-order valence-corrected chi connectivity index (χ2v) is 6.09. The van der Waals surface area contributed by atoms with E-state index in [1.807, 2.05) is 0 Å². The predicted octanol–water partition coefficient (Wildman–Crippen LogP) is 1.07. The van der Waals surface area contributed by atoms with Gasteiger partial charge in [0.25, 0.3) is 0 Å².